The summed E-state index contributed by atoms with van der Waals surface area (Å²) in [5, 5.41) is 24.9. The SMILES string of the molecule is N[C@@H](CS(=O)(=O)O)C(=O)O.N[C@@H](CSSC[C@H](N)C(=O)O)C(=O)O. The van der Waals surface area contributed by atoms with Gasteiger partial charge in [0, 0.05) is 11.5 Å². The van der Waals surface area contributed by atoms with Gasteiger partial charge < -0.3 is 32.5 Å². The zero-order chi connectivity index (χ0) is 19.5. The quantitative estimate of drug-likeness (QED) is 0.112. The van der Waals surface area contributed by atoms with Crippen molar-refractivity contribution >= 4 is 49.6 Å². The first-order chi connectivity index (χ1) is 10.8. The van der Waals surface area contributed by atoms with Crippen LogP contribution in [0.3, 0.4) is 0 Å². The monoisotopic (exact) mass is 409 g/mol. The average Bonchev–Trinajstić information content (AvgIpc) is 2.41. The van der Waals surface area contributed by atoms with E-state index in [0.29, 0.717) is 0 Å². The van der Waals surface area contributed by atoms with Crippen LogP contribution < -0.4 is 17.2 Å². The third-order valence-corrected chi connectivity index (χ3v) is 5.17. The molecule has 24 heavy (non-hydrogen) atoms. The summed E-state index contributed by atoms with van der Waals surface area (Å²) in [4.78, 5) is 30.4. The van der Waals surface area contributed by atoms with Gasteiger partial charge in [-0.25, -0.2) is 0 Å². The van der Waals surface area contributed by atoms with E-state index in [9.17, 15) is 22.8 Å². The van der Waals surface area contributed by atoms with E-state index in [0.717, 1.165) is 0 Å². The second-order valence-electron chi connectivity index (χ2n) is 4.15. The predicted octanol–water partition coefficient (Wildman–Crippen LogP) is -2.52. The third-order valence-electron chi connectivity index (χ3n) is 1.92. The topological polar surface area (TPSA) is 244 Å². The van der Waals surface area contributed by atoms with Crippen LogP contribution >= 0.6 is 21.6 Å². The number of hydrogen-bond donors (Lipinski definition) is 7. The predicted molar refractivity (Wildman–Crippen MR) is 88.2 cm³/mol. The van der Waals surface area contributed by atoms with E-state index in [4.69, 9.17) is 37.1 Å². The lowest BCUT2D eigenvalue weighted by atomic mass is 10.4. The maximum Gasteiger partial charge on any atom is 0.321 e. The van der Waals surface area contributed by atoms with E-state index in [2.05, 4.69) is 0 Å². The van der Waals surface area contributed by atoms with Gasteiger partial charge in [0.05, 0.1) is 0 Å². The highest BCUT2D eigenvalue weighted by Gasteiger charge is 2.18. The van der Waals surface area contributed by atoms with E-state index >= 15 is 0 Å². The Labute approximate surface area is 145 Å². The van der Waals surface area contributed by atoms with E-state index in [1.807, 2.05) is 0 Å². The van der Waals surface area contributed by atoms with Crippen molar-refractivity contribution in [2.24, 2.45) is 17.2 Å². The van der Waals surface area contributed by atoms with Crippen molar-refractivity contribution in [2.75, 3.05) is 17.3 Å². The zero-order valence-corrected chi connectivity index (χ0v) is 14.6. The van der Waals surface area contributed by atoms with Crippen molar-refractivity contribution in [3.8, 4) is 0 Å². The first kappa shape index (κ1) is 25.1. The maximum atomic E-state index is 10.3. The highest BCUT2D eigenvalue weighted by atomic mass is 33.1. The summed E-state index contributed by atoms with van der Waals surface area (Å²) in [5.74, 6) is -4.10. The van der Waals surface area contributed by atoms with Gasteiger partial charge in [0.2, 0.25) is 0 Å². The molecule has 0 aliphatic heterocycles. The first-order valence-electron chi connectivity index (χ1n) is 5.92. The Bertz CT molecular complexity index is 506. The molecule has 0 aromatic rings. The van der Waals surface area contributed by atoms with Crippen molar-refractivity contribution in [3.63, 3.8) is 0 Å². The minimum atomic E-state index is -4.27. The molecule has 0 spiro atoms. The Morgan fingerprint density at radius 2 is 1.08 bits per heavy atom. The molecule has 10 N–H and O–H groups in total. The van der Waals surface area contributed by atoms with Crippen LogP contribution in [-0.4, -0.2) is 81.6 Å². The summed E-state index contributed by atoms with van der Waals surface area (Å²) in [5.41, 5.74) is 15.2. The summed E-state index contributed by atoms with van der Waals surface area (Å²) in [6.45, 7) is 0. The number of carboxylic acid groups (broad SMARTS) is 3. The molecular weight excluding hydrogens is 390 g/mol. The van der Waals surface area contributed by atoms with Crippen molar-refractivity contribution in [1.82, 2.24) is 0 Å². The molecule has 0 saturated carbocycles. The summed E-state index contributed by atoms with van der Waals surface area (Å²) in [6, 6.07) is -3.41. The molecule has 0 aromatic heterocycles. The van der Waals surface area contributed by atoms with Gasteiger partial charge in [-0.3, -0.25) is 18.9 Å². The fourth-order valence-corrected chi connectivity index (χ4v) is 3.51. The highest BCUT2D eigenvalue weighted by molar-refractivity contribution is 8.76. The molecule has 0 amide bonds. The van der Waals surface area contributed by atoms with Crippen LogP contribution in [0.5, 0.6) is 0 Å². The molecule has 0 radical (unpaired) electrons. The van der Waals surface area contributed by atoms with Gasteiger partial charge in [-0.15, -0.1) is 0 Å². The average molecular weight is 409 g/mol. The molecule has 142 valence electrons. The second-order valence-corrected chi connectivity index (χ2v) is 8.20. The number of nitrogens with two attached hydrogens (primary N) is 3. The molecule has 0 aliphatic carbocycles. The molecule has 0 fully saturated rings. The summed E-state index contributed by atoms with van der Waals surface area (Å²) in [6.07, 6.45) is 0. The normalized spacial score (nSPS) is 14.7. The Kier molecular flexibility index (Phi) is 12.9. The lowest BCUT2D eigenvalue weighted by molar-refractivity contribution is -0.138. The number of hydrogen-bond acceptors (Lipinski definition) is 10. The molecule has 0 heterocycles. The van der Waals surface area contributed by atoms with E-state index in [1.54, 1.807) is 0 Å². The second kappa shape index (κ2) is 12.3. The van der Waals surface area contributed by atoms with Crippen molar-refractivity contribution < 1.29 is 42.7 Å². The molecule has 0 aromatic carbocycles. The molecule has 0 bridgehead atoms. The van der Waals surface area contributed by atoms with Gasteiger partial charge in [-0.2, -0.15) is 8.42 Å². The Morgan fingerprint density at radius 3 is 1.25 bits per heavy atom. The van der Waals surface area contributed by atoms with Gasteiger partial charge in [0.25, 0.3) is 10.1 Å². The van der Waals surface area contributed by atoms with E-state index in [1.165, 1.54) is 21.6 Å². The Morgan fingerprint density at radius 1 is 0.792 bits per heavy atom. The Hall–Kier alpha value is -1.10. The van der Waals surface area contributed by atoms with Crippen LogP contribution in [0, 0.1) is 0 Å². The van der Waals surface area contributed by atoms with Crippen molar-refractivity contribution in [2.45, 2.75) is 18.1 Å². The molecule has 0 rings (SSSR count). The molecule has 0 saturated heterocycles. The molecule has 12 nitrogen and oxygen atoms in total. The van der Waals surface area contributed by atoms with Crippen LogP contribution in [0.15, 0.2) is 0 Å². The molecular formula is C9H19N3O9S3. The smallest absolute Gasteiger partial charge is 0.321 e. The van der Waals surface area contributed by atoms with E-state index < -0.39 is 51.9 Å². The lowest BCUT2D eigenvalue weighted by Crippen LogP contribution is -2.36. The van der Waals surface area contributed by atoms with Crippen molar-refractivity contribution in [3.05, 3.63) is 0 Å². The fraction of sp³-hybridized carbons (Fsp3) is 0.667. The maximum absolute atomic E-state index is 10.3. The third kappa shape index (κ3) is 15.8. The zero-order valence-electron chi connectivity index (χ0n) is 12.1. The summed E-state index contributed by atoms with van der Waals surface area (Å²) < 4.78 is 28.0. The number of rotatable bonds is 10. The highest BCUT2D eigenvalue weighted by Crippen LogP contribution is 2.22. The number of aliphatic carboxylic acids is 3. The molecule has 3 atom stereocenters. The van der Waals surface area contributed by atoms with E-state index in [-0.39, 0.29) is 11.5 Å². The summed E-state index contributed by atoms with van der Waals surface area (Å²) in [7, 11) is -1.87. The number of carboxylic acids is 3. The van der Waals surface area contributed by atoms with Crippen LogP contribution in [0.1, 0.15) is 0 Å². The molecule has 0 aliphatic rings. The van der Waals surface area contributed by atoms with Crippen LogP contribution in [-0.2, 0) is 24.5 Å². The van der Waals surface area contributed by atoms with Gasteiger partial charge >= 0.3 is 17.9 Å². The fourth-order valence-electron chi connectivity index (χ4n) is 0.684. The number of carbonyl (C=O) groups is 3. The van der Waals surface area contributed by atoms with Gasteiger partial charge in [-0.05, 0) is 0 Å². The Balaban J connectivity index is 0. The van der Waals surface area contributed by atoms with Crippen LogP contribution in [0.2, 0.25) is 0 Å². The summed E-state index contributed by atoms with van der Waals surface area (Å²) >= 11 is 0. The van der Waals surface area contributed by atoms with Gasteiger partial charge in [0.15, 0.2) is 0 Å². The first-order valence-corrected chi connectivity index (χ1v) is 10.0. The van der Waals surface area contributed by atoms with Gasteiger partial charge in [-0.1, -0.05) is 21.6 Å². The minimum Gasteiger partial charge on any atom is -0.480 e. The van der Waals surface area contributed by atoms with Crippen LogP contribution in [0.25, 0.3) is 0 Å². The largest absolute Gasteiger partial charge is 0.480 e. The van der Waals surface area contributed by atoms with Crippen molar-refractivity contribution in [1.29, 1.82) is 0 Å². The van der Waals surface area contributed by atoms with Gasteiger partial charge in [0.1, 0.15) is 23.9 Å². The minimum absolute atomic E-state index is 0.229. The lowest BCUT2D eigenvalue weighted by Gasteiger charge is -2.07. The van der Waals surface area contributed by atoms with Crippen LogP contribution in [0.4, 0.5) is 0 Å². The molecule has 0 unspecified atom stereocenters. The standard InChI is InChI=1S/C6H12N2O4S2.C3H7NO5S/c7-3(5(9)10)1-13-14-2-4(8)6(11)12;4-2(3(5)6)1-10(7,8)9/h3-4H,1-2,7-8H2,(H,9,10)(H,11,12);2H,1,4H2,(H,5,6)(H,7,8,9)/t3-,4-;2-/m00/s1. The molecule has 15 heteroatoms.